The van der Waals surface area contributed by atoms with Gasteiger partial charge in [-0.15, -0.1) is 6.42 Å². The number of hydrogen-bond acceptors (Lipinski definition) is 2. The number of ether oxygens (including phenoxy) is 1. The third-order valence-corrected chi connectivity index (χ3v) is 2.88. The number of alkyl halides is 2. The van der Waals surface area contributed by atoms with E-state index >= 15 is 0 Å². The topological polar surface area (TPSA) is 21.3 Å². The van der Waals surface area contributed by atoms with Gasteiger partial charge in [-0.05, 0) is 24.6 Å². The van der Waals surface area contributed by atoms with E-state index in [4.69, 9.17) is 6.42 Å². The summed E-state index contributed by atoms with van der Waals surface area (Å²) in [5, 5.41) is 3.09. The Labute approximate surface area is 114 Å². The number of benzene rings is 1. The first kappa shape index (κ1) is 14.9. The van der Waals surface area contributed by atoms with Crippen LogP contribution in [0.3, 0.4) is 0 Å². The van der Waals surface area contributed by atoms with Crippen LogP contribution in [0.5, 0.6) is 5.75 Å². The van der Waals surface area contributed by atoms with Gasteiger partial charge in [-0.3, -0.25) is 5.32 Å². The third-order valence-electron chi connectivity index (χ3n) is 2.39. The molecule has 1 aromatic carbocycles. The van der Waals surface area contributed by atoms with Crippen molar-refractivity contribution in [2.75, 3.05) is 0 Å². The molecule has 1 rings (SSSR count). The van der Waals surface area contributed by atoms with Crippen molar-refractivity contribution in [2.24, 2.45) is 0 Å². The molecule has 1 N–H and O–H groups in total. The van der Waals surface area contributed by atoms with Gasteiger partial charge in [-0.25, -0.2) is 0 Å². The lowest BCUT2D eigenvalue weighted by Gasteiger charge is -2.14. The third kappa shape index (κ3) is 4.63. The zero-order chi connectivity index (χ0) is 13.5. The maximum atomic E-state index is 12.2. The average molecular weight is 318 g/mol. The van der Waals surface area contributed by atoms with Crippen molar-refractivity contribution in [2.45, 2.75) is 32.5 Å². The first-order valence-corrected chi connectivity index (χ1v) is 6.28. The van der Waals surface area contributed by atoms with E-state index in [1.807, 2.05) is 6.92 Å². The van der Waals surface area contributed by atoms with E-state index < -0.39 is 6.61 Å². The molecule has 0 radical (unpaired) electrons. The molecule has 1 aromatic rings. The van der Waals surface area contributed by atoms with Crippen LogP contribution in [0.25, 0.3) is 0 Å². The number of halogens is 3. The zero-order valence-corrected chi connectivity index (χ0v) is 11.5. The Bertz CT molecular complexity index is 431. The Morgan fingerprint density at radius 1 is 1.50 bits per heavy atom. The molecule has 0 aliphatic carbocycles. The molecular weight excluding hydrogens is 304 g/mol. The van der Waals surface area contributed by atoms with Crippen molar-refractivity contribution >= 4 is 15.9 Å². The van der Waals surface area contributed by atoms with Gasteiger partial charge < -0.3 is 4.74 Å². The van der Waals surface area contributed by atoms with Crippen LogP contribution < -0.4 is 10.1 Å². The highest BCUT2D eigenvalue weighted by atomic mass is 79.9. The number of rotatable bonds is 6. The van der Waals surface area contributed by atoms with Gasteiger partial charge >= 0.3 is 6.61 Å². The summed E-state index contributed by atoms with van der Waals surface area (Å²) >= 11 is 3.29. The molecule has 0 aliphatic heterocycles. The number of terminal acetylenes is 1. The van der Waals surface area contributed by atoms with E-state index in [2.05, 4.69) is 31.9 Å². The minimum absolute atomic E-state index is 0.0802. The maximum Gasteiger partial charge on any atom is 0.387 e. The lowest BCUT2D eigenvalue weighted by atomic mass is 10.1. The molecule has 18 heavy (non-hydrogen) atoms. The monoisotopic (exact) mass is 317 g/mol. The summed E-state index contributed by atoms with van der Waals surface area (Å²) in [6.07, 6.45) is 6.10. The van der Waals surface area contributed by atoms with Crippen molar-refractivity contribution in [3.05, 3.63) is 28.2 Å². The van der Waals surface area contributed by atoms with Crippen molar-refractivity contribution < 1.29 is 13.5 Å². The van der Waals surface area contributed by atoms with E-state index in [1.54, 1.807) is 12.1 Å². The summed E-state index contributed by atoms with van der Waals surface area (Å²) in [4.78, 5) is 0. The second-order valence-corrected chi connectivity index (χ2v) is 4.55. The summed E-state index contributed by atoms with van der Waals surface area (Å²) < 4.78 is 29.7. The molecule has 5 heteroatoms. The van der Waals surface area contributed by atoms with Gasteiger partial charge in [-0.1, -0.05) is 28.8 Å². The van der Waals surface area contributed by atoms with E-state index in [0.29, 0.717) is 12.1 Å². The molecule has 0 amide bonds. The van der Waals surface area contributed by atoms with Crippen molar-refractivity contribution in [3.63, 3.8) is 0 Å². The largest absolute Gasteiger partial charge is 0.434 e. The van der Waals surface area contributed by atoms with Crippen LogP contribution in [-0.4, -0.2) is 12.7 Å². The Balaban J connectivity index is 2.79. The molecule has 0 saturated heterocycles. The normalized spacial score (nSPS) is 12.2. The van der Waals surface area contributed by atoms with Crippen LogP contribution in [-0.2, 0) is 6.54 Å². The summed E-state index contributed by atoms with van der Waals surface area (Å²) in [5.74, 6) is 2.74. The lowest BCUT2D eigenvalue weighted by molar-refractivity contribution is -0.0505. The highest BCUT2D eigenvalue weighted by Gasteiger charge is 2.11. The molecular formula is C13H14BrF2NO. The second-order valence-electron chi connectivity index (χ2n) is 3.64. The van der Waals surface area contributed by atoms with Crippen LogP contribution in [0.1, 0.15) is 18.9 Å². The van der Waals surface area contributed by atoms with Crippen LogP contribution in [0.2, 0.25) is 0 Å². The summed E-state index contributed by atoms with van der Waals surface area (Å²) in [5.41, 5.74) is 0.637. The van der Waals surface area contributed by atoms with E-state index in [-0.39, 0.29) is 11.8 Å². The molecule has 0 saturated carbocycles. The number of hydrogen-bond donors (Lipinski definition) is 1. The molecule has 98 valence electrons. The van der Waals surface area contributed by atoms with E-state index in [9.17, 15) is 8.78 Å². The van der Waals surface area contributed by atoms with Gasteiger partial charge in [0.1, 0.15) is 5.75 Å². The molecule has 1 unspecified atom stereocenters. The molecule has 2 nitrogen and oxygen atoms in total. The van der Waals surface area contributed by atoms with Gasteiger partial charge in [0, 0.05) is 16.6 Å². The first-order chi connectivity index (χ1) is 8.56. The van der Waals surface area contributed by atoms with Crippen LogP contribution >= 0.6 is 15.9 Å². The Hall–Kier alpha value is -1.12. The lowest BCUT2D eigenvalue weighted by Crippen LogP contribution is -2.26. The van der Waals surface area contributed by atoms with Gasteiger partial charge in [0.15, 0.2) is 0 Å². The van der Waals surface area contributed by atoms with Gasteiger partial charge in [0.2, 0.25) is 0 Å². The molecule has 1 atom stereocenters. The summed E-state index contributed by atoms with van der Waals surface area (Å²) in [7, 11) is 0. The smallest absolute Gasteiger partial charge is 0.387 e. The quantitative estimate of drug-likeness (QED) is 0.810. The summed E-state index contributed by atoms with van der Waals surface area (Å²) in [6, 6.07) is 4.81. The maximum absolute atomic E-state index is 12.2. The van der Waals surface area contributed by atoms with Gasteiger partial charge in [-0.2, -0.15) is 8.78 Å². The Kier molecular flexibility index (Phi) is 6.10. The SMILES string of the molecule is C#CC(CC)NCc1cc(Br)ccc1OC(F)F. The average Bonchev–Trinajstić information content (AvgIpc) is 2.33. The van der Waals surface area contributed by atoms with Crippen LogP contribution in [0, 0.1) is 12.3 Å². The van der Waals surface area contributed by atoms with E-state index in [1.165, 1.54) is 6.07 Å². The van der Waals surface area contributed by atoms with Gasteiger partial charge in [0.25, 0.3) is 0 Å². The molecule has 0 aliphatic rings. The fraction of sp³-hybridized carbons (Fsp3) is 0.385. The first-order valence-electron chi connectivity index (χ1n) is 5.49. The fourth-order valence-corrected chi connectivity index (χ4v) is 1.86. The second kappa shape index (κ2) is 7.34. The molecule has 0 spiro atoms. The van der Waals surface area contributed by atoms with Crippen molar-refractivity contribution in [1.82, 2.24) is 5.32 Å². The molecule has 0 aromatic heterocycles. The fourth-order valence-electron chi connectivity index (χ4n) is 1.45. The highest BCUT2D eigenvalue weighted by Crippen LogP contribution is 2.24. The van der Waals surface area contributed by atoms with Crippen LogP contribution in [0.4, 0.5) is 8.78 Å². The molecule has 0 heterocycles. The van der Waals surface area contributed by atoms with Crippen LogP contribution in [0.15, 0.2) is 22.7 Å². The Morgan fingerprint density at radius 2 is 2.22 bits per heavy atom. The molecule has 0 bridgehead atoms. The minimum Gasteiger partial charge on any atom is -0.434 e. The van der Waals surface area contributed by atoms with E-state index in [0.717, 1.165) is 10.9 Å². The van der Waals surface area contributed by atoms with Crippen molar-refractivity contribution in [1.29, 1.82) is 0 Å². The summed E-state index contributed by atoms with van der Waals surface area (Å²) in [6.45, 7) is -0.501. The molecule has 0 fully saturated rings. The number of nitrogens with one attached hydrogen (secondary N) is 1. The zero-order valence-electron chi connectivity index (χ0n) is 9.92. The predicted octanol–water partition coefficient (Wildman–Crippen LogP) is 3.55. The Morgan fingerprint density at radius 3 is 2.78 bits per heavy atom. The minimum atomic E-state index is -2.83. The highest BCUT2D eigenvalue weighted by molar-refractivity contribution is 9.10. The predicted molar refractivity (Wildman–Crippen MR) is 70.5 cm³/mol. The van der Waals surface area contributed by atoms with Gasteiger partial charge in [0.05, 0.1) is 6.04 Å². The standard InChI is InChI=1S/C13H14BrF2NO/c1-3-11(4-2)17-8-9-7-10(14)5-6-12(9)18-13(15)16/h1,5-7,11,13,17H,4,8H2,2H3. The van der Waals surface area contributed by atoms with Crippen molar-refractivity contribution in [3.8, 4) is 18.1 Å².